The second-order valence-electron chi connectivity index (χ2n) is 5.59. The molecule has 3 heterocycles. The summed E-state index contributed by atoms with van der Waals surface area (Å²) in [6, 6.07) is 3.65. The summed E-state index contributed by atoms with van der Waals surface area (Å²) in [6.45, 7) is 4.87. The molecule has 0 unspecified atom stereocenters. The molecule has 3 aromatic heterocycles. The number of nitrogens with one attached hydrogen (secondary N) is 2. The van der Waals surface area contributed by atoms with E-state index in [1.165, 1.54) is 0 Å². The Bertz CT molecular complexity index is 861. The van der Waals surface area contributed by atoms with Crippen molar-refractivity contribution >= 4 is 23.3 Å². The van der Waals surface area contributed by atoms with Gasteiger partial charge in [-0.25, -0.2) is 14.6 Å². The van der Waals surface area contributed by atoms with Gasteiger partial charge in [0.25, 0.3) is 5.91 Å². The molecule has 0 atom stereocenters. The van der Waals surface area contributed by atoms with Crippen LogP contribution in [-0.4, -0.2) is 48.3 Å². The van der Waals surface area contributed by atoms with Crippen LogP contribution in [-0.2, 0) is 6.42 Å². The second-order valence-corrected chi connectivity index (χ2v) is 6.34. The highest BCUT2D eigenvalue weighted by molar-refractivity contribution is 7.08. The molecular weight excluding hydrogens is 352 g/mol. The average Bonchev–Trinajstić information content (AvgIpc) is 3.30. The van der Waals surface area contributed by atoms with Crippen LogP contribution in [0.3, 0.4) is 0 Å². The molecule has 1 amide bonds. The molecule has 0 aliphatic rings. The predicted octanol–water partition coefficient (Wildman–Crippen LogP) is 1.62. The number of aromatic nitrogens is 6. The summed E-state index contributed by atoms with van der Waals surface area (Å²) in [7, 11) is 0. The Kier molecular flexibility index (Phi) is 5.84. The third-order valence-electron chi connectivity index (χ3n) is 3.53. The number of carbonyl (C=O) groups is 1. The van der Waals surface area contributed by atoms with Gasteiger partial charge in [0.1, 0.15) is 16.5 Å². The van der Waals surface area contributed by atoms with E-state index < -0.39 is 0 Å². The fourth-order valence-electron chi connectivity index (χ4n) is 2.39. The van der Waals surface area contributed by atoms with E-state index in [0.717, 1.165) is 30.1 Å². The van der Waals surface area contributed by atoms with Gasteiger partial charge in [0.05, 0.1) is 5.69 Å². The summed E-state index contributed by atoms with van der Waals surface area (Å²) in [4.78, 5) is 21.5. The summed E-state index contributed by atoms with van der Waals surface area (Å²) < 4.78 is 5.55. The van der Waals surface area contributed by atoms with Crippen molar-refractivity contribution in [3.05, 3.63) is 40.9 Å². The molecule has 9 nitrogen and oxygen atoms in total. The third kappa shape index (κ3) is 4.39. The molecule has 0 aromatic carbocycles. The van der Waals surface area contributed by atoms with Crippen LogP contribution in [0.4, 0.5) is 5.82 Å². The SMILES string of the molecule is CCCc1nnsc1C(=O)NCCNc1cc(-n2cccn2)nc(C)n1. The molecule has 0 fully saturated rings. The van der Waals surface area contributed by atoms with Crippen LogP contribution in [0.25, 0.3) is 5.82 Å². The lowest BCUT2D eigenvalue weighted by Gasteiger charge is -2.09. The molecule has 0 bridgehead atoms. The Balaban J connectivity index is 1.54. The Morgan fingerprint density at radius 1 is 1.31 bits per heavy atom. The van der Waals surface area contributed by atoms with Crippen molar-refractivity contribution in [2.75, 3.05) is 18.4 Å². The molecule has 26 heavy (non-hydrogen) atoms. The minimum atomic E-state index is -0.138. The zero-order chi connectivity index (χ0) is 18.4. The van der Waals surface area contributed by atoms with Crippen LogP contribution in [0.5, 0.6) is 0 Å². The zero-order valence-corrected chi connectivity index (χ0v) is 15.5. The predicted molar refractivity (Wildman–Crippen MR) is 98.6 cm³/mol. The lowest BCUT2D eigenvalue weighted by molar-refractivity contribution is 0.0958. The molecule has 2 N–H and O–H groups in total. The van der Waals surface area contributed by atoms with Crippen molar-refractivity contribution in [1.29, 1.82) is 0 Å². The maximum Gasteiger partial charge on any atom is 0.265 e. The van der Waals surface area contributed by atoms with Crippen LogP contribution in [0.2, 0.25) is 0 Å². The van der Waals surface area contributed by atoms with E-state index in [1.807, 2.05) is 32.2 Å². The first-order chi connectivity index (χ1) is 12.7. The van der Waals surface area contributed by atoms with Crippen LogP contribution < -0.4 is 10.6 Å². The Morgan fingerprint density at radius 3 is 2.96 bits per heavy atom. The van der Waals surface area contributed by atoms with E-state index >= 15 is 0 Å². The van der Waals surface area contributed by atoms with Crippen LogP contribution in [0.1, 0.15) is 34.5 Å². The molecule has 0 spiro atoms. The standard InChI is InChI=1S/C16H20N8OS/c1-3-5-12-15(26-23-22-12)16(25)18-8-7-17-13-10-14(21-11(2)20-13)24-9-4-6-19-24/h4,6,9-10H,3,5,7-8H2,1-2H3,(H,18,25)(H,17,20,21). The zero-order valence-electron chi connectivity index (χ0n) is 14.6. The van der Waals surface area contributed by atoms with Crippen LogP contribution >= 0.6 is 11.5 Å². The minimum absolute atomic E-state index is 0.138. The number of nitrogens with zero attached hydrogens (tertiary/aromatic N) is 6. The van der Waals surface area contributed by atoms with Crippen molar-refractivity contribution in [2.24, 2.45) is 0 Å². The Hall–Kier alpha value is -2.88. The Labute approximate surface area is 155 Å². The van der Waals surface area contributed by atoms with Gasteiger partial charge in [0.15, 0.2) is 5.82 Å². The lowest BCUT2D eigenvalue weighted by atomic mass is 10.2. The maximum atomic E-state index is 12.2. The van der Waals surface area contributed by atoms with E-state index in [1.54, 1.807) is 10.9 Å². The number of anilines is 1. The normalized spacial score (nSPS) is 10.7. The summed E-state index contributed by atoms with van der Waals surface area (Å²) in [6.07, 6.45) is 5.21. The Morgan fingerprint density at radius 2 is 2.19 bits per heavy atom. The summed E-state index contributed by atoms with van der Waals surface area (Å²) >= 11 is 1.13. The van der Waals surface area contributed by atoms with Gasteiger partial charge in [-0.3, -0.25) is 4.79 Å². The fourth-order valence-corrected chi connectivity index (χ4v) is 3.02. The highest BCUT2D eigenvalue weighted by atomic mass is 32.1. The average molecular weight is 372 g/mol. The molecule has 0 radical (unpaired) electrons. The molecule has 3 rings (SSSR count). The number of amides is 1. The van der Waals surface area contributed by atoms with Gasteiger partial charge < -0.3 is 10.6 Å². The third-order valence-corrected chi connectivity index (χ3v) is 4.30. The van der Waals surface area contributed by atoms with Gasteiger partial charge in [-0.15, -0.1) is 5.10 Å². The number of hydrogen-bond acceptors (Lipinski definition) is 8. The van der Waals surface area contributed by atoms with Crippen molar-refractivity contribution in [3.8, 4) is 5.82 Å². The van der Waals surface area contributed by atoms with Crippen molar-refractivity contribution < 1.29 is 4.79 Å². The van der Waals surface area contributed by atoms with E-state index in [9.17, 15) is 4.79 Å². The summed E-state index contributed by atoms with van der Waals surface area (Å²) in [5, 5.41) is 14.3. The summed E-state index contributed by atoms with van der Waals surface area (Å²) in [5.74, 6) is 1.88. The van der Waals surface area contributed by atoms with E-state index in [4.69, 9.17) is 0 Å². The van der Waals surface area contributed by atoms with Crippen LogP contribution in [0, 0.1) is 6.92 Å². The summed E-state index contributed by atoms with van der Waals surface area (Å²) in [5.41, 5.74) is 0.762. The van der Waals surface area contributed by atoms with Gasteiger partial charge in [-0.05, 0) is 30.9 Å². The van der Waals surface area contributed by atoms with E-state index in [-0.39, 0.29) is 5.91 Å². The largest absolute Gasteiger partial charge is 0.368 e. The first kappa shape index (κ1) is 17.9. The minimum Gasteiger partial charge on any atom is -0.368 e. The lowest BCUT2D eigenvalue weighted by Crippen LogP contribution is -2.29. The molecule has 10 heteroatoms. The molecule has 0 saturated heterocycles. The second kappa shape index (κ2) is 8.48. The molecule has 0 aliphatic heterocycles. The highest BCUT2D eigenvalue weighted by Gasteiger charge is 2.15. The van der Waals surface area contributed by atoms with Gasteiger partial charge in [0, 0.05) is 31.5 Å². The highest BCUT2D eigenvalue weighted by Crippen LogP contribution is 2.12. The number of aryl methyl sites for hydroxylation is 2. The molecular formula is C16H20N8OS. The van der Waals surface area contributed by atoms with Gasteiger partial charge in [-0.2, -0.15) is 5.10 Å². The fraction of sp³-hybridized carbons (Fsp3) is 0.375. The van der Waals surface area contributed by atoms with E-state index in [2.05, 4.69) is 35.3 Å². The number of hydrogen-bond donors (Lipinski definition) is 2. The van der Waals surface area contributed by atoms with Crippen LogP contribution in [0.15, 0.2) is 24.5 Å². The first-order valence-corrected chi connectivity index (χ1v) is 9.13. The van der Waals surface area contributed by atoms with Crippen molar-refractivity contribution in [1.82, 2.24) is 34.7 Å². The molecule has 0 saturated carbocycles. The van der Waals surface area contributed by atoms with E-state index in [0.29, 0.717) is 35.4 Å². The molecule has 0 aliphatic carbocycles. The number of rotatable bonds is 8. The van der Waals surface area contributed by atoms with Gasteiger partial charge >= 0.3 is 0 Å². The first-order valence-electron chi connectivity index (χ1n) is 8.36. The molecule has 3 aromatic rings. The van der Waals surface area contributed by atoms with Gasteiger partial charge in [0.2, 0.25) is 0 Å². The topological polar surface area (TPSA) is 111 Å². The van der Waals surface area contributed by atoms with Crippen molar-refractivity contribution in [2.45, 2.75) is 26.7 Å². The van der Waals surface area contributed by atoms with Crippen molar-refractivity contribution in [3.63, 3.8) is 0 Å². The molecule has 136 valence electrons. The number of carbonyl (C=O) groups excluding carboxylic acids is 1. The monoisotopic (exact) mass is 372 g/mol. The quantitative estimate of drug-likeness (QED) is 0.578. The maximum absolute atomic E-state index is 12.2. The van der Waals surface area contributed by atoms with Gasteiger partial charge in [-0.1, -0.05) is 17.8 Å². The smallest absolute Gasteiger partial charge is 0.265 e.